The number of aliphatic hydroxyl groups excluding tert-OH is 1. The third-order valence-electron chi connectivity index (χ3n) is 1.45. The number of aliphatic hydroxyl groups is 1. The molecule has 0 aromatic heterocycles. The van der Waals surface area contributed by atoms with Crippen molar-refractivity contribution in [2.24, 2.45) is 0 Å². The summed E-state index contributed by atoms with van der Waals surface area (Å²) in [4.78, 5) is 0. The second-order valence-corrected chi connectivity index (χ2v) is 2.91. The third kappa shape index (κ3) is 3.07. The predicted molar refractivity (Wildman–Crippen MR) is 52.2 cm³/mol. The number of hydrogen-bond acceptors (Lipinski definition) is 1. The highest BCUT2D eigenvalue weighted by molar-refractivity contribution is 6.30. The number of rotatable bonds is 3. The fourth-order valence-corrected chi connectivity index (χ4v) is 1.10. The molecule has 0 bridgehead atoms. The van der Waals surface area contributed by atoms with Crippen molar-refractivity contribution in [3.05, 3.63) is 40.9 Å². The molecule has 1 N–H and O–H groups in total. The van der Waals surface area contributed by atoms with Gasteiger partial charge in [0.05, 0.1) is 0 Å². The van der Waals surface area contributed by atoms with Crippen LogP contribution < -0.4 is 0 Å². The lowest BCUT2D eigenvalue weighted by atomic mass is 10.2. The first-order chi connectivity index (χ1) is 5.83. The number of hydrogen-bond donors (Lipinski definition) is 1. The summed E-state index contributed by atoms with van der Waals surface area (Å²) in [6.07, 6.45) is 4.56. The summed E-state index contributed by atoms with van der Waals surface area (Å²) >= 11 is 5.77. The Labute approximate surface area is 77.3 Å². The van der Waals surface area contributed by atoms with Gasteiger partial charge in [0.2, 0.25) is 0 Å². The van der Waals surface area contributed by atoms with E-state index in [4.69, 9.17) is 16.7 Å². The zero-order valence-corrected chi connectivity index (χ0v) is 7.46. The molecule has 0 saturated heterocycles. The fraction of sp³-hybridized carbons (Fsp3) is 0.200. The molecule has 0 unspecified atom stereocenters. The fourth-order valence-electron chi connectivity index (χ4n) is 0.904. The molecule has 0 aliphatic carbocycles. The van der Waals surface area contributed by atoms with Gasteiger partial charge in [0.15, 0.2) is 0 Å². The first-order valence-corrected chi connectivity index (χ1v) is 4.23. The van der Waals surface area contributed by atoms with Crippen LogP contribution in [-0.2, 0) is 0 Å². The lowest BCUT2D eigenvalue weighted by molar-refractivity contribution is 0.303. The number of benzene rings is 1. The van der Waals surface area contributed by atoms with E-state index in [-0.39, 0.29) is 6.61 Å². The molecule has 0 radical (unpaired) electrons. The minimum Gasteiger partial charge on any atom is -0.396 e. The summed E-state index contributed by atoms with van der Waals surface area (Å²) in [5.41, 5.74) is 1.07. The maximum Gasteiger partial charge on any atom is 0.0465 e. The Morgan fingerprint density at radius 1 is 1.42 bits per heavy atom. The van der Waals surface area contributed by atoms with Crippen LogP contribution in [0.5, 0.6) is 0 Å². The van der Waals surface area contributed by atoms with Crippen molar-refractivity contribution in [2.45, 2.75) is 6.42 Å². The molecule has 12 heavy (non-hydrogen) atoms. The Hall–Kier alpha value is -0.790. The van der Waals surface area contributed by atoms with Gasteiger partial charge in [-0.05, 0) is 24.1 Å². The average Bonchev–Trinajstić information content (AvgIpc) is 2.05. The Morgan fingerprint density at radius 3 is 2.92 bits per heavy atom. The lowest BCUT2D eigenvalue weighted by Gasteiger charge is -1.93. The molecule has 64 valence electrons. The Balaban J connectivity index is 2.63. The molecule has 1 nitrogen and oxygen atoms in total. The highest BCUT2D eigenvalue weighted by Crippen LogP contribution is 2.11. The first kappa shape index (κ1) is 9.30. The van der Waals surface area contributed by atoms with Crippen LogP contribution in [0.4, 0.5) is 0 Å². The van der Waals surface area contributed by atoms with Gasteiger partial charge < -0.3 is 5.11 Å². The van der Waals surface area contributed by atoms with Crippen molar-refractivity contribution in [1.82, 2.24) is 0 Å². The Morgan fingerprint density at radius 2 is 2.25 bits per heavy atom. The maximum atomic E-state index is 8.52. The molecule has 0 spiro atoms. The van der Waals surface area contributed by atoms with E-state index in [0.29, 0.717) is 6.42 Å². The molecule has 0 heterocycles. The molecule has 1 rings (SSSR count). The average molecular weight is 183 g/mol. The van der Waals surface area contributed by atoms with Crippen LogP contribution in [0, 0.1) is 0 Å². The van der Waals surface area contributed by atoms with E-state index in [1.807, 2.05) is 36.4 Å². The van der Waals surface area contributed by atoms with E-state index < -0.39 is 0 Å². The third-order valence-corrected chi connectivity index (χ3v) is 1.69. The molecule has 0 saturated carbocycles. The van der Waals surface area contributed by atoms with Gasteiger partial charge in [-0.15, -0.1) is 0 Å². The maximum absolute atomic E-state index is 8.52. The zero-order valence-electron chi connectivity index (χ0n) is 6.70. The predicted octanol–water partition coefficient (Wildman–Crippen LogP) is 2.74. The topological polar surface area (TPSA) is 20.2 Å². The molecule has 0 aliphatic heterocycles. The van der Waals surface area contributed by atoms with Crippen molar-refractivity contribution >= 4 is 17.7 Å². The van der Waals surface area contributed by atoms with Crippen LogP contribution in [0.25, 0.3) is 6.08 Å². The SMILES string of the molecule is OCCC=Cc1cccc(Cl)c1. The van der Waals surface area contributed by atoms with Crippen LogP contribution in [-0.4, -0.2) is 11.7 Å². The minimum absolute atomic E-state index is 0.192. The van der Waals surface area contributed by atoms with Crippen molar-refractivity contribution < 1.29 is 5.11 Å². The smallest absolute Gasteiger partial charge is 0.0465 e. The quantitative estimate of drug-likeness (QED) is 0.762. The largest absolute Gasteiger partial charge is 0.396 e. The molecule has 1 aromatic carbocycles. The van der Waals surface area contributed by atoms with Crippen LogP contribution in [0.2, 0.25) is 5.02 Å². The van der Waals surface area contributed by atoms with Crippen LogP contribution >= 0.6 is 11.6 Å². The molecule has 0 atom stereocenters. The van der Waals surface area contributed by atoms with Crippen molar-refractivity contribution in [1.29, 1.82) is 0 Å². The summed E-state index contributed by atoms with van der Waals surface area (Å²) in [6, 6.07) is 7.60. The normalized spacial score (nSPS) is 10.8. The van der Waals surface area contributed by atoms with Crippen LogP contribution in [0.3, 0.4) is 0 Å². The van der Waals surface area contributed by atoms with Gasteiger partial charge in [-0.2, -0.15) is 0 Å². The van der Waals surface area contributed by atoms with Crippen molar-refractivity contribution in [3.63, 3.8) is 0 Å². The monoisotopic (exact) mass is 182 g/mol. The van der Waals surface area contributed by atoms with E-state index in [1.165, 1.54) is 0 Å². The summed E-state index contributed by atoms with van der Waals surface area (Å²) in [5.74, 6) is 0. The van der Waals surface area contributed by atoms with Gasteiger partial charge in [0.1, 0.15) is 0 Å². The van der Waals surface area contributed by atoms with E-state index >= 15 is 0 Å². The van der Waals surface area contributed by atoms with Gasteiger partial charge in [-0.1, -0.05) is 35.9 Å². The molecule has 0 fully saturated rings. The molecule has 2 heteroatoms. The van der Waals surface area contributed by atoms with Crippen molar-refractivity contribution in [2.75, 3.05) is 6.61 Å². The molecule has 0 amide bonds. The summed E-state index contributed by atoms with van der Waals surface area (Å²) in [5, 5.41) is 9.26. The highest BCUT2D eigenvalue weighted by Gasteiger charge is 1.87. The Bertz CT molecular complexity index is 268. The van der Waals surface area contributed by atoms with Gasteiger partial charge in [-0.3, -0.25) is 0 Å². The summed E-state index contributed by atoms with van der Waals surface area (Å²) in [7, 11) is 0. The highest BCUT2D eigenvalue weighted by atomic mass is 35.5. The summed E-state index contributed by atoms with van der Waals surface area (Å²) in [6.45, 7) is 0.192. The first-order valence-electron chi connectivity index (χ1n) is 3.86. The molecular weight excluding hydrogens is 172 g/mol. The minimum atomic E-state index is 0.192. The van der Waals surface area contributed by atoms with Gasteiger partial charge in [0.25, 0.3) is 0 Å². The lowest BCUT2D eigenvalue weighted by Crippen LogP contribution is -1.76. The second kappa shape index (κ2) is 4.96. The van der Waals surface area contributed by atoms with Crippen LogP contribution in [0.15, 0.2) is 30.3 Å². The molecule has 0 aliphatic rings. The van der Waals surface area contributed by atoms with Gasteiger partial charge in [0, 0.05) is 11.6 Å². The van der Waals surface area contributed by atoms with E-state index in [2.05, 4.69) is 0 Å². The number of halogens is 1. The van der Waals surface area contributed by atoms with Gasteiger partial charge in [-0.25, -0.2) is 0 Å². The molecule has 1 aromatic rings. The standard InChI is InChI=1S/C10H11ClO/c11-10-6-3-5-9(8-10)4-1-2-7-12/h1,3-6,8,12H,2,7H2. The zero-order chi connectivity index (χ0) is 8.81. The van der Waals surface area contributed by atoms with E-state index in [1.54, 1.807) is 0 Å². The Kier molecular flexibility index (Phi) is 3.85. The van der Waals surface area contributed by atoms with Gasteiger partial charge >= 0.3 is 0 Å². The van der Waals surface area contributed by atoms with E-state index in [0.717, 1.165) is 10.6 Å². The molecular formula is C10H11ClO. The van der Waals surface area contributed by atoms with E-state index in [9.17, 15) is 0 Å². The summed E-state index contributed by atoms with van der Waals surface area (Å²) < 4.78 is 0. The second-order valence-electron chi connectivity index (χ2n) is 2.47. The van der Waals surface area contributed by atoms with Crippen LogP contribution in [0.1, 0.15) is 12.0 Å². The van der Waals surface area contributed by atoms with Crippen molar-refractivity contribution in [3.8, 4) is 0 Å².